The van der Waals surface area contributed by atoms with E-state index in [2.05, 4.69) is 35.9 Å². The number of aromatic nitrogens is 6. The molecule has 0 spiro atoms. The molecule has 0 amide bonds. The summed E-state index contributed by atoms with van der Waals surface area (Å²) in [5.74, 6) is 1.39. The molecule has 2 rings (SSSR count). The number of hydrogen-bond acceptors (Lipinski definition) is 7. The molecule has 0 aromatic carbocycles. The van der Waals surface area contributed by atoms with Crippen molar-refractivity contribution in [3.8, 4) is 0 Å². The van der Waals surface area contributed by atoms with Crippen molar-refractivity contribution >= 4 is 11.6 Å². The van der Waals surface area contributed by atoms with E-state index in [4.69, 9.17) is 5.73 Å². The SMILES string of the molecule is CC(Nc1nccnc1N)c1nn[nH]n1. The normalized spacial score (nSPS) is 12.3. The third kappa shape index (κ3) is 1.98. The fourth-order valence-corrected chi connectivity index (χ4v) is 1.08. The van der Waals surface area contributed by atoms with Crippen LogP contribution < -0.4 is 11.1 Å². The van der Waals surface area contributed by atoms with Crippen LogP contribution in [0.1, 0.15) is 18.8 Å². The highest BCUT2D eigenvalue weighted by Crippen LogP contribution is 2.16. The third-order valence-electron chi connectivity index (χ3n) is 1.83. The van der Waals surface area contributed by atoms with Crippen LogP contribution in [0.4, 0.5) is 11.6 Å². The summed E-state index contributed by atoms with van der Waals surface area (Å²) >= 11 is 0. The molecule has 8 heteroatoms. The Labute approximate surface area is 85.3 Å². The Morgan fingerprint density at radius 2 is 2.20 bits per heavy atom. The number of anilines is 2. The molecule has 0 radical (unpaired) electrons. The molecule has 0 aliphatic carbocycles. The van der Waals surface area contributed by atoms with Crippen LogP contribution in [0.3, 0.4) is 0 Å². The predicted molar refractivity (Wildman–Crippen MR) is 52.7 cm³/mol. The predicted octanol–water partition coefficient (Wildman–Crippen LogP) is -0.255. The number of nitrogen functional groups attached to an aromatic ring is 1. The molecule has 0 bridgehead atoms. The molecule has 0 saturated carbocycles. The second-order valence-electron chi connectivity index (χ2n) is 2.93. The summed E-state index contributed by atoms with van der Waals surface area (Å²) < 4.78 is 0. The minimum Gasteiger partial charge on any atom is -0.381 e. The van der Waals surface area contributed by atoms with Crippen LogP contribution in [0.15, 0.2) is 12.4 Å². The van der Waals surface area contributed by atoms with Gasteiger partial charge in [-0.3, -0.25) is 0 Å². The molecular formula is C7H10N8. The molecule has 2 heterocycles. The summed E-state index contributed by atoms with van der Waals surface area (Å²) in [6.45, 7) is 1.87. The van der Waals surface area contributed by atoms with Crippen molar-refractivity contribution in [2.75, 3.05) is 11.1 Å². The summed E-state index contributed by atoms with van der Waals surface area (Å²) in [6.07, 6.45) is 3.08. The highest BCUT2D eigenvalue weighted by atomic mass is 15.5. The average Bonchev–Trinajstić information content (AvgIpc) is 2.74. The smallest absolute Gasteiger partial charge is 0.196 e. The second kappa shape index (κ2) is 3.86. The summed E-state index contributed by atoms with van der Waals surface area (Å²) in [4.78, 5) is 7.95. The molecular weight excluding hydrogens is 196 g/mol. The van der Waals surface area contributed by atoms with Gasteiger partial charge >= 0.3 is 0 Å². The molecule has 15 heavy (non-hydrogen) atoms. The van der Waals surface area contributed by atoms with E-state index in [1.54, 1.807) is 6.20 Å². The van der Waals surface area contributed by atoms with Crippen molar-refractivity contribution < 1.29 is 0 Å². The molecule has 0 saturated heterocycles. The zero-order valence-corrected chi connectivity index (χ0v) is 8.05. The number of tetrazole rings is 1. The first-order valence-corrected chi connectivity index (χ1v) is 4.33. The van der Waals surface area contributed by atoms with Gasteiger partial charge in [0.25, 0.3) is 0 Å². The number of nitrogens with two attached hydrogens (primary N) is 1. The van der Waals surface area contributed by atoms with Crippen molar-refractivity contribution in [1.29, 1.82) is 0 Å². The molecule has 2 aromatic rings. The molecule has 2 aromatic heterocycles. The van der Waals surface area contributed by atoms with Gasteiger partial charge in [0.1, 0.15) is 0 Å². The van der Waals surface area contributed by atoms with E-state index < -0.39 is 0 Å². The number of nitrogens with one attached hydrogen (secondary N) is 2. The quantitative estimate of drug-likeness (QED) is 0.633. The summed E-state index contributed by atoms with van der Waals surface area (Å²) in [6, 6.07) is -0.136. The Hall–Kier alpha value is -2.25. The molecule has 78 valence electrons. The Morgan fingerprint density at radius 1 is 1.40 bits per heavy atom. The maximum absolute atomic E-state index is 5.62. The second-order valence-corrected chi connectivity index (χ2v) is 2.93. The van der Waals surface area contributed by atoms with Crippen LogP contribution >= 0.6 is 0 Å². The maximum Gasteiger partial charge on any atom is 0.196 e. The summed E-state index contributed by atoms with van der Waals surface area (Å²) in [7, 11) is 0. The first kappa shape index (κ1) is 9.31. The van der Waals surface area contributed by atoms with Gasteiger partial charge in [-0.15, -0.1) is 10.2 Å². The van der Waals surface area contributed by atoms with Crippen LogP contribution in [0.2, 0.25) is 0 Å². The lowest BCUT2D eigenvalue weighted by Crippen LogP contribution is -2.11. The minimum absolute atomic E-state index is 0.136. The molecule has 4 N–H and O–H groups in total. The third-order valence-corrected chi connectivity index (χ3v) is 1.83. The van der Waals surface area contributed by atoms with Gasteiger partial charge in [-0.25, -0.2) is 9.97 Å². The maximum atomic E-state index is 5.62. The number of H-pyrrole nitrogens is 1. The van der Waals surface area contributed by atoms with E-state index in [1.807, 2.05) is 6.92 Å². The van der Waals surface area contributed by atoms with Gasteiger partial charge < -0.3 is 11.1 Å². The summed E-state index contributed by atoms with van der Waals surface area (Å²) in [5.41, 5.74) is 5.62. The number of hydrogen-bond donors (Lipinski definition) is 3. The van der Waals surface area contributed by atoms with E-state index in [-0.39, 0.29) is 6.04 Å². The number of rotatable bonds is 3. The van der Waals surface area contributed by atoms with E-state index in [0.717, 1.165) is 0 Å². The van der Waals surface area contributed by atoms with Gasteiger partial charge in [0.05, 0.1) is 6.04 Å². The molecule has 1 atom stereocenters. The van der Waals surface area contributed by atoms with Gasteiger partial charge in [0.2, 0.25) is 0 Å². The Morgan fingerprint density at radius 3 is 2.87 bits per heavy atom. The Balaban J connectivity index is 2.13. The summed E-state index contributed by atoms with van der Waals surface area (Å²) in [5, 5.41) is 16.6. The Kier molecular flexibility index (Phi) is 2.40. The van der Waals surface area contributed by atoms with Crippen molar-refractivity contribution in [3.05, 3.63) is 18.2 Å². The van der Waals surface area contributed by atoms with E-state index in [0.29, 0.717) is 17.5 Å². The zero-order chi connectivity index (χ0) is 10.7. The highest BCUT2D eigenvalue weighted by Gasteiger charge is 2.11. The van der Waals surface area contributed by atoms with Crippen LogP contribution in [-0.4, -0.2) is 30.6 Å². The van der Waals surface area contributed by atoms with Crippen LogP contribution in [0.25, 0.3) is 0 Å². The van der Waals surface area contributed by atoms with Gasteiger partial charge in [-0.2, -0.15) is 5.21 Å². The minimum atomic E-state index is -0.136. The monoisotopic (exact) mass is 206 g/mol. The zero-order valence-electron chi connectivity index (χ0n) is 8.05. The van der Waals surface area contributed by atoms with Crippen LogP contribution in [0.5, 0.6) is 0 Å². The van der Waals surface area contributed by atoms with Crippen molar-refractivity contribution in [3.63, 3.8) is 0 Å². The standard InChI is InChI=1S/C7H10N8/c1-4(6-12-14-15-13-6)11-7-5(8)9-2-3-10-7/h2-4H,1H3,(H2,8,9)(H,10,11)(H,12,13,14,15). The average molecular weight is 206 g/mol. The van der Waals surface area contributed by atoms with E-state index in [1.165, 1.54) is 6.20 Å². The fourth-order valence-electron chi connectivity index (χ4n) is 1.08. The lowest BCUT2D eigenvalue weighted by Gasteiger charge is -2.10. The molecule has 1 unspecified atom stereocenters. The Bertz CT molecular complexity index is 424. The van der Waals surface area contributed by atoms with Crippen LogP contribution in [0, 0.1) is 0 Å². The number of nitrogens with zero attached hydrogens (tertiary/aromatic N) is 5. The first-order valence-electron chi connectivity index (χ1n) is 4.33. The van der Waals surface area contributed by atoms with Gasteiger partial charge in [0, 0.05) is 12.4 Å². The molecule has 0 aliphatic heterocycles. The van der Waals surface area contributed by atoms with Gasteiger partial charge in [-0.05, 0) is 6.92 Å². The molecule has 0 aliphatic rings. The molecule has 0 fully saturated rings. The molecule has 8 nitrogen and oxygen atoms in total. The van der Waals surface area contributed by atoms with E-state index >= 15 is 0 Å². The van der Waals surface area contributed by atoms with Crippen molar-refractivity contribution in [2.45, 2.75) is 13.0 Å². The topological polar surface area (TPSA) is 118 Å². The lowest BCUT2D eigenvalue weighted by molar-refractivity contribution is 0.787. The van der Waals surface area contributed by atoms with Crippen LogP contribution in [-0.2, 0) is 0 Å². The van der Waals surface area contributed by atoms with Gasteiger partial charge in [-0.1, -0.05) is 5.21 Å². The van der Waals surface area contributed by atoms with E-state index in [9.17, 15) is 0 Å². The lowest BCUT2D eigenvalue weighted by atomic mass is 10.3. The largest absolute Gasteiger partial charge is 0.381 e. The highest BCUT2D eigenvalue weighted by molar-refractivity contribution is 5.55. The number of aromatic amines is 1. The van der Waals surface area contributed by atoms with Crippen molar-refractivity contribution in [1.82, 2.24) is 30.6 Å². The first-order chi connectivity index (χ1) is 7.27. The van der Waals surface area contributed by atoms with Gasteiger partial charge in [0.15, 0.2) is 17.5 Å². The fraction of sp³-hybridized carbons (Fsp3) is 0.286. The van der Waals surface area contributed by atoms with Crippen molar-refractivity contribution in [2.24, 2.45) is 0 Å².